The third kappa shape index (κ3) is 18.0. The second kappa shape index (κ2) is 38.8. The van der Waals surface area contributed by atoms with Crippen LogP contribution in [-0.4, -0.2) is 197 Å². The Morgan fingerprint density at radius 3 is 1.26 bits per heavy atom. The molecule has 7 amide bonds. The van der Waals surface area contributed by atoms with E-state index < -0.39 is 66.4 Å². The number of alkyl halides is 4. The minimum atomic E-state index is -3.29. The van der Waals surface area contributed by atoms with Gasteiger partial charge in [-0.25, -0.2) is 33.9 Å². The number of hydrogen-bond donors (Lipinski definition) is 7. The lowest BCUT2D eigenvalue weighted by Crippen LogP contribution is -2.53. The molecule has 0 radical (unpaired) electrons. The predicted molar refractivity (Wildman–Crippen MR) is 509 cm³/mol. The summed E-state index contributed by atoms with van der Waals surface area (Å²) in [6.07, 6.45) is 15.8. The molecular formula is C107H109F4N13O15. The lowest BCUT2D eigenvalue weighted by molar-refractivity contribution is -0.142. The summed E-state index contributed by atoms with van der Waals surface area (Å²) in [6, 6.07) is 47.1. The zero-order valence-corrected chi connectivity index (χ0v) is 77.5. The summed E-state index contributed by atoms with van der Waals surface area (Å²) in [5.41, 5.74) is 14.3. The molecule has 0 spiro atoms. The molecule has 139 heavy (non-hydrogen) atoms. The Morgan fingerprint density at radius 1 is 0.432 bits per heavy atom. The molecule has 2 aromatic heterocycles. The van der Waals surface area contributed by atoms with E-state index in [0.29, 0.717) is 151 Å². The van der Waals surface area contributed by atoms with E-state index >= 15 is 17.6 Å². The van der Waals surface area contributed by atoms with Gasteiger partial charge in [-0.1, -0.05) is 134 Å². The first-order chi connectivity index (χ1) is 67.4. The van der Waals surface area contributed by atoms with Gasteiger partial charge in [0.1, 0.15) is 35.8 Å². The van der Waals surface area contributed by atoms with Crippen LogP contribution >= 0.6 is 0 Å². The highest BCUT2D eigenvalue weighted by Gasteiger charge is 2.55. The second-order valence-electron chi connectivity index (χ2n) is 38.2. The number of fused-ring (bicyclic) bond motifs is 12. The Bertz CT molecular complexity index is 6490. The molecule has 32 heteroatoms. The maximum absolute atomic E-state index is 16.7. The van der Waals surface area contributed by atoms with Crippen molar-refractivity contribution in [3.8, 4) is 67.0 Å². The number of carbonyl (C=O) groups is 8. The van der Waals surface area contributed by atoms with Gasteiger partial charge in [0, 0.05) is 109 Å². The maximum atomic E-state index is 16.7. The first kappa shape index (κ1) is 92.8. The summed E-state index contributed by atoms with van der Waals surface area (Å²) < 4.78 is 95.8. The quantitative estimate of drug-likeness (QED) is 0.0275. The van der Waals surface area contributed by atoms with E-state index in [0.717, 1.165) is 114 Å². The molecule has 12 aliphatic rings. The van der Waals surface area contributed by atoms with E-state index in [-0.39, 0.29) is 93.9 Å². The predicted octanol–water partition coefficient (Wildman–Crippen LogP) is 18.6. The van der Waals surface area contributed by atoms with Gasteiger partial charge in [-0.2, -0.15) is 17.6 Å². The maximum Gasteiger partial charge on any atom is 0.407 e. The molecule has 8 fully saturated rings. The number of ether oxygens (including phenoxy) is 6. The number of aromatic amines is 2. The fourth-order valence-electron chi connectivity index (χ4n) is 23.5. The number of aliphatic imine (C=N–C) groups is 2. The van der Waals surface area contributed by atoms with Crippen molar-refractivity contribution in [3.63, 3.8) is 0 Å². The highest BCUT2D eigenvalue weighted by atomic mass is 19.3. The Hall–Kier alpha value is -13.9. The highest BCUT2D eigenvalue weighted by molar-refractivity contribution is 6.04. The van der Waals surface area contributed by atoms with E-state index in [1.54, 1.807) is 47.6 Å². The van der Waals surface area contributed by atoms with E-state index in [2.05, 4.69) is 52.0 Å². The molecular weight excluding hydrogens is 1780 g/mol. The number of nitrogens with one attached hydrogen (secondary N) is 6. The number of hydrogen-bond acceptors (Lipinski definition) is 18. The Balaban J connectivity index is 0.000000151. The lowest BCUT2D eigenvalue weighted by Gasteiger charge is -2.37. The van der Waals surface area contributed by atoms with Crippen LogP contribution in [0.1, 0.15) is 183 Å². The molecule has 7 N–H and O–H groups in total. The molecule has 22 rings (SSSR count). The smallest absolute Gasteiger partial charge is 0.407 e. The van der Waals surface area contributed by atoms with Gasteiger partial charge in [-0.05, 0) is 229 Å². The van der Waals surface area contributed by atoms with Crippen LogP contribution in [0.15, 0.2) is 192 Å². The first-order valence-corrected chi connectivity index (χ1v) is 48.1. The number of H-pyrrole nitrogens is 2. The zero-order chi connectivity index (χ0) is 96.2. The molecule has 9 heterocycles. The van der Waals surface area contributed by atoms with Crippen molar-refractivity contribution in [3.05, 3.63) is 238 Å². The van der Waals surface area contributed by atoms with Crippen LogP contribution in [-0.2, 0) is 72.3 Å². The number of nitrogens with zero attached hydrogens (tertiary/aromatic N) is 7. The largest absolute Gasteiger partial charge is 0.480 e. The summed E-state index contributed by atoms with van der Waals surface area (Å²) in [7, 11) is 5.05. The molecule has 0 unspecified atom stereocenters. The average molecular weight is 1890 g/mol. The highest BCUT2D eigenvalue weighted by Crippen LogP contribution is 2.57. The fraction of sp³-hybridized carbons (Fsp3) is 0.402. The Kier molecular flexibility index (Phi) is 25.9. The van der Waals surface area contributed by atoms with Crippen molar-refractivity contribution in [2.24, 2.45) is 33.7 Å². The molecule has 11 atom stereocenters. The fourth-order valence-corrected chi connectivity index (χ4v) is 23.5. The van der Waals surface area contributed by atoms with Crippen LogP contribution in [0.3, 0.4) is 0 Å². The Labute approximate surface area is 800 Å². The van der Waals surface area contributed by atoms with Gasteiger partial charge in [0.05, 0.1) is 81.7 Å². The minimum absolute atomic E-state index is 0.00973. The number of imidazole rings is 2. The summed E-state index contributed by atoms with van der Waals surface area (Å²) in [6.45, 7) is 2.58. The number of carbonyl (C=O) groups excluding carboxylic acids is 7. The molecule has 720 valence electrons. The van der Waals surface area contributed by atoms with Crippen molar-refractivity contribution in [1.29, 1.82) is 0 Å². The lowest BCUT2D eigenvalue weighted by atomic mass is 9.90. The van der Waals surface area contributed by atoms with Crippen molar-refractivity contribution in [2.75, 3.05) is 61.4 Å². The summed E-state index contributed by atoms with van der Waals surface area (Å²) in [5.74, 6) is -5.81. The molecule has 7 aliphatic heterocycles. The SMILES string of the molecule is COC(=O)N[C@@H](C(=O)N1[C@@H]2CC[C@H](C2)[C@H]1C1=Nc2ccc(-c3ccc4c(c3)C(F)(F)c3cc(-c5cnc(C6CCCC6)[nH]5)ccc3-4)cc2C1)c1ccccc1.COC(=O)N[C@H](C(=O)N1CCC[C@H]1c1ncc(-c2ccc3c(c2)C(F)(F)c2cc(-c4ccc5c(c4)CC([C@@H]4[C@@H]6CC[C@H](C6)N4C(=O)[C@H](NC(=O)OC)c4ccccc4)=N5)ccc2-3)[nH]1)C1CCOCC1.COC(=O)N[C@H](C(=O)O)C1CCOCC1. The second-order valence-corrected chi connectivity index (χ2v) is 38.2. The van der Waals surface area contributed by atoms with Crippen LogP contribution < -0.4 is 21.3 Å². The van der Waals surface area contributed by atoms with E-state index in [4.69, 9.17) is 38.8 Å². The summed E-state index contributed by atoms with van der Waals surface area (Å²) in [5, 5.41) is 19.6. The van der Waals surface area contributed by atoms with Gasteiger partial charge < -0.3 is 79.5 Å². The third-order valence-corrected chi connectivity index (χ3v) is 30.5. The molecule has 4 bridgehead atoms. The van der Waals surface area contributed by atoms with Crippen molar-refractivity contribution in [1.82, 2.24) is 55.9 Å². The van der Waals surface area contributed by atoms with Gasteiger partial charge in [0.2, 0.25) is 5.91 Å². The number of benzene rings is 8. The molecule has 5 saturated heterocycles. The number of likely N-dealkylation sites (tertiary alicyclic amines) is 3. The standard InChI is InChI=1S/C53H53F2N7O7.C45H41F2N5O3.C9H15NO5/c1-67-51(65)59-45(30-18-21-69-22-19-30)49(63)61-20-6-9-44(61)48-56-28-43(58-48)33-12-16-38-37-15-11-32(25-39(37)53(54,55)40(38)26-33)31-13-17-41-35(23-31)27-42(57-41)47-34-10-14-36(24-34)62(47)50(64)46(60-52(66)68-2)29-7-4-3-5-8-29;1-55-44(54)51-40(25-7-3-2-4-8-25)43(53)52-32-15-11-30(20-32)41(52)38-23-31-19-27(14-18-37(31)49-38)28-12-16-33-34-17-13-29(22-36(34)45(46,47)35(33)21-28)39-24-48-42(50-39)26-9-5-6-10-26;1-14-9(13)10-7(8(11)12)6-2-4-15-5-3-6/h3-5,7-8,11-13,15-17,23,25-26,28,30,34,36,44-47H,6,9-10,14,18-22,24,27H2,1-2H3,(H,56,58)(H,59,65)(H,60,66);2-4,7-8,12-14,16-19,21-22,24,26,30,32,40-41H,5-6,9-11,15,20,23H2,1H3,(H,48,50)(H,51,54);6-7H,2-5H2,1H3,(H,10,13)(H,11,12)/t34-,36-,44+,45+,46-,47+;30-,32-,40-,41+;7-/m110/s1. The number of carboxylic acid groups (broad SMARTS) is 1. The van der Waals surface area contributed by atoms with E-state index in [1.165, 1.54) is 47.3 Å². The van der Waals surface area contributed by atoms with Crippen LogP contribution in [0.4, 0.5) is 48.1 Å². The third-order valence-electron chi connectivity index (χ3n) is 30.5. The summed E-state index contributed by atoms with van der Waals surface area (Å²) in [4.78, 5) is 134. The van der Waals surface area contributed by atoms with Gasteiger partial charge in [-0.3, -0.25) is 24.4 Å². The van der Waals surface area contributed by atoms with Gasteiger partial charge in [-0.15, -0.1) is 0 Å². The first-order valence-electron chi connectivity index (χ1n) is 48.1. The molecule has 10 aromatic rings. The average Bonchev–Trinajstić information content (AvgIpc) is 1.59. The number of rotatable bonds is 20. The Morgan fingerprint density at radius 2 is 0.820 bits per heavy atom. The van der Waals surface area contributed by atoms with Crippen molar-refractivity contribution in [2.45, 2.75) is 188 Å². The van der Waals surface area contributed by atoms with Crippen LogP contribution in [0, 0.1) is 23.7 Å². The van der Waals surface area contributed by atoms with Gasteiger partial charge in [0.25, 0.3) is 23.7 Å². The number of halogens is 4. The van der Waals surface area contributed by atoms with Crippen molar-refractivity contribution >= 4 is 70.9 Å². The van der Waals surface area contributed by atoms with E-state index in [1.807, 2.05) is 137 Å². The molecule has 28 nitrogen and oxygen atoms in total. The number of piperidine rings is 2. The molecule has 8 aromatic carbocycles. The number of methoxy groups -OCH3 is 4. The minimum Gasteiger partial charge on any atom is -0.480 e. The number of aliphatic carboxylic acids is 1. The number of alkyl carbamates (subject to hydrolysis) is 4. The molecule has 3 saturated carbocycles. The summed E-state index contributed by atoms with van der Waals surface area (Å²) >= 11 is 0. The van der Waals surface area contributed by atoms with Crippen LogP contribution in [0.25, 0.3) is 67.0 Å². The molecule has 5 aliphatic carbocycles. The topological polar surface area (TPSA) is 352 Å². The van der Waals surface area contributed by atoms with Gasteiger partial charge >= 0.3 is 30.3 Å². The number of carboxylic acids is 1. The number of amides is 7. The van der Waals surface area contributed by atoms with Crippen LogP contribution in [0.5, 0.6) is 0 Å². The number of aromatic nitrogens is 4. The normalized spacial score (nSPS) is 22.2. The van der Waals surface area contributed by atoms with E-state index in [9.17, 15) is 38.4 Å². The zero-order valence-electron chi connectivity index (χ0n) is 77.5. The van der Waals surface area contributed by atoms with Gasteiger partial charge in [0.15, 0.2) is 0 Å². The van der Waals surface area contributed by atoms with Crippen molar-refractivity contribution < 1.29 is 89.4 Å². The van der Waals surface area contributed by atoms with Crippen LogP contribution in [0.2, 0.25) is 0 Å². The monoisotopic (exact) mass is 1890 g/mol.